The molecule has 0 spiro atoms. The lowest BCUT2D eigenvalue weighted by atomic mass is 9.63. The highest BCUT2D eigenvalue weighted by Crippen LogP contribution is 2.46. The van der Waals surface area contributed by atoms with Crippen molar-refractivity contribution in [3.05, 3.63) is 106 Å². The molecule has 0 radical (unpaired) electrons. The topological polar surface area (TPSA) is 37.3 Å². The molecule has 1 aliphatic carbocycles. The third-order valence-electron chi connectivity index (χ3n) is 6.96. The van der Waals surface area contributed by atoms with E-state index in [1.807, 2.05) is 18.2 Å². The van der Waals surface area contributed by atoms with Crippen molar-refractivity contribution < 1.29 is 9.90 Å². The van der Waals surface area contributed by atoms with Gasteiger partial charge in [0.2, 0.25) is 0 Å². The van der Waals surface area contributed by atoms with Gasteiger partial charge in [0.15, 0.2) is 0 Å². The van der Waals surface area contributed by atoms with Gasteiger partial charge in [0.05, 0.1) is 5.56 Å². The third-order valence-corrected chi connectivity index (χ3v) is 6.96. The van der Waals surface area contributed by atoms with Gasteiger partial charge in [-0.25, -0.2) is 4.79 Å². The van der Waals surface area contributed by atoms with E-state index in [2.05, 4.69) is 76.2 Å². The highest BCUT2D eigenvalue weighted by Gasteiger charge is 2.37. The molecule has 0 aliphatic heterocycles. The van der Waals surface area contributed by atoms with Gasteiger partial charge in [-0.2, -0.15) is 0 Å². The Balaban J connectivity index is 1.81. The number of carboxylic acids is 1. The lowest BCUT2D eigenvalue weighted by Crippen LogP contribution is -2.33. The first-order valence-electron chi connectivity index (χ1n) is 11.4. The third kappa shape index (κ3) is 4.55. The molecule has 0 aromatic heterocycles. The van der Waals surface area contributed by atoms with Gasteiger partial charge in [-0.1, -0.05) is 94.4 Å². The predicted molar refractivity (Wildman–Crippen MR) is 133 cm³/mol. The van der Waals surface area contributed by atoms with Crippen molar-refractivity contribution in [1.82, 2.24) is 0 Å². The van der Waals surface area contributed by atoms with Crippen LogP contribution in [0.15, 0.2) is 72.8 Å². The number of rotatable bonds is 5. The summed E-state index contributed by atoms with van der Waals surface area (Å²) in [4.78, 5) is 11.2. The van der Waals surface area contributed by atoms with E-state index in [0.29, 0.717) is 5.56 Å². The molecule has 0 atom stereocenters. The molecular weight excluding hydrogens is 392 g/mol. The van der Waals surface area contributed by atoms with Crippen LogP contribution < -0.4 is 0 Å². The highest BCUT2D eigenvalue weighted by molar-refractivity contribution is 5.89. The minimum Gasteiger partial charge on any atom is -0.478 e. The summed E-state index contributed by atoms with van der Waals surface area (Å²) in [6, 6.07) is 24.6. The maximum absolute atomic E-state index is 11.2. The van der Waals surface area contributed by atoms with E-state index in [9.17, 15) is 9.90 Å². The van der Waals surface area contributed by atoms with E-state index in [0.717, 1.165) is 12.0 Å². The summed E-state index contributed by atoms with van der Waals surface area (Å²) < 4.78 is 0. The van der Waals surface area contributed by atoms with E-state index in [4.69, 9.17) is 0 Å². The lowest BCUT2D eigenvalue weighted by Gasteiger charge is -2.42. The number of allylic oxidation sites excluding steroid dienone is 1. The quantitative estimate of drug-likeness (QED) is 0.430. The van der Waals surface area contributed by atoms with Gasteiger partial charge in [0, 0.05) is 0 Å². The van der Waals surface area contributed by atoms with E-state index in [-0.39, 0.29) is 10.8 Å². The first-order chi connectivity index (χ1) is 15.2. The van der Waals surface area contributed by atoms with Crippen molar-refractivity contribution in [1.29, 1.82) is 0 Å². The average Bonchev–Trinajstić information content (AvgIpc) is 2.77. The molecule has 0 amide bonds. The standard InChI is InChI=1S/C30H32O2/c1-29(2)16-17-30(3,4)27-20-24(14-15-26(27)29)25(18-21-8-6-5-7-9-21)19-22-10-12-23(13-11-22)28(31)32/h5-15,19-20H,16-18H2,1-4H3,(H,31,32)/b25-19+. The SMILES string of the molecule is CC1(C)CCC(C)(C)c2cc(/C(=C/c3ccc(C(=O)O)cc3)Cc3ccccc3)ccc21. The second-order valence-corrected chi connectivity index (χ2v) is 10.3. The molecule has 0 unspecified atom stereocenters. The molecule has 0 bridgehead atoms. The summed E-state index contributed by atoms with van der Waals surface area (Å²) in [5.41, 5.74) is 8.32. The molecular formula is C30H32O2. The first-order valence-corrected chi connectivity index (χ1v) is 11.4. The molecule has 0 heterocycles. The lowest BCUT2D eigenvalue weighted by molar-refractivity contribution is 0.0697. The van der Waals surface area contributed by atoms with Crippen LogP contribution in [-0.4, -0.2) is 11.1 Å². The number of benzene rings is 3. The van der Waals surface area contributed by atoms with Crippen molar-refractivity contribution in [2.45, 2.75) is 57.8 Å². The summed E-state index contributed by atoms with van der Waals surface area (Å²) in [7, 11) is 0. The molecule has 4 rings (SSSR count). The Bertz CT molecular complexity index is 1150. The number of hydrogen-bond acceptors (Lipinski definition) is 1. The van der Waals surface area contributed by atoms with Crippen molar-refractivity contribution in [3.63, 3.8) is 0 Å². The van der Waals surface area contributed by atoms with E-state index in [1.165, 1.54) is 40.7 Å². The van der Waals surface area contributed by atoms with Crippen LogP contribution in [0.5, 0.6) is 0 Å². The predicted octanol–water partition coefficient (Wildman–Crippen LogP) is 7.52. The fraction of sp³-hybridized carbons (Fsp3) is 0.300. The van der Waals surface area contributed by atoms with Crippen LogP contribution in [-0.2, 0) is 17.3 Å². The largest absolute Gasteiger partial charge is 0.478 e. The molecule has 3 aromatic rings. The molecule has 164 valence electrons. The van der Waals surface area contributed by atoms with Crippen molar-refractivity contribution in [3.8, 4) is 0 Å². The molecule has 1 aliphatic rings. The molecule has 3 aromatic carbocycles. The minimum absolute atomic E-state index is 0.155. The van der Waals surface area contributed by atoms with Crippen LogP contribution in [0, 0.1) is 0 Å². The van der Waals surface area contributed by atoms with E-state index >= 15 is 0 Å². The van der Waals surface area contributed by atoms with Crippen LogP contribution in [0.3, 0.4) is 0 Å². The molecule has 32 heavy (non-hydrogen) atoms. The van der Waals surface area contributed by atoms with Crippen molar-refractivity contribution in [2.24, 2.45) is 0 Å². The van der Waals surface area contributed by atoms with Gasteiger partial charge in [0.25, 0.3) is 0 Å². The number of carbonyl (C=O) groups is 1. The van der Waals surface area contributed by atoms with Crippen LogP contribution in [0.1, 0.15) is 78.7 Å². The van der Waals surface area contributed by atoms with Gasteiger partial charge >= 0.3 is 5.97 Å². The molecule has 0 fully saturated rings. The molecule has 2 nitrogen and oxygen atoms in total. The normalized spacial score (nSPS) is 16.9. The van der Waals surface area contributed by atoms with E-state index < -0.39 is 5.97 Å². The second kappa shape index (κ2) is 8.43. The zero-order valence-electron chi connectivity index (χ0n) is 19.5. The smallest absolute Gasteiger partial charge is 0.335 e. The fourth-order valence-corrected chi connectivity index (χ4v) is 4.76. The maximum atomic E-state index is 11.2. The number of carboxylic acid groups (broad SMARTS) is 1. The highest BCUT2D eigenvalue weighted by atomic mass is 16.4. The maximum Gasteiger partial charge on any atom is 0.335 e. The van der Waals surface area contributed by atoms with Crippen LogP contribution in [0.25, 0.3) is 11.6 Å². The number of hydrogen-bond donors (Lipinski definition) is 1. The summed E-state index contributed by atoms with van der Waals surface area (Å²) in [6.07, 6.45) is 5.41. The van der Waals surface area contributed by atoms with Crippen LogP contribution in [0.2, 0.25) is 0 Å². The van der Waals surface area contributed by atoms with E-state index in [1.54, 1.807) is 12.1 Å². The van der Waals surface area contributed by atoms with Crippen LogP contribution >= 0.6 is 0 Å². The van der Waals surface area contributed by atoms with Gasteiger partial charge in [-0.05, 0) is 75.6 Å². The minimum atomic E-state index is -0.899. The Morgan fingerprint density at radius 2 is 1.41 bits per heavy atom. The first kappa shape index (κ1) is 22.1. The fourth-order valence-electron chi connectivity index (χ4n) is 4.76. The van der Waals surface area contributed by atoms with Gasteiger partial charge in [-0.15, -0.1) is 0 Å². The Kier molecular flexibility index (Phi) is 5.81. The monoisotopic (exact) mass is 424 g/mol. The molecule has 1 N–H and O–H groups in total. The summed E-state index contributed by atoms with van der Waals surface area (Å²) in [5, 5.41) is 9.22. The summed E-state index contributed by atoms with van der Waals surface area (Å²) in [6.45, 7) is 9.42. The Morgan fingerprint density at radius 3 is 2.03 bits per heavy atom. The summed E-state index contributed by atoms with van der Waals surface area (Å²) >= 11 is 0. The van der Waals surface area contributed by atoms with Crippen molar-refractivity contribution in [2.75, 3.05) is 0 Å². The molecule has 0 saturated heterocycles. The molecule has 2 heteroatoms. The Hall–Kier alpha value is -3.13. The Labute approximate surface area is 191 Å². The van der Waals surface area contributed by atoms with Gasteiger partial charge < -0.3 is 5.11 Å². The molecule has 0 saturated carbocycles. The Morgan fingerprint density at radius 1 is 0.812 bits per heavy atom. The van der Waals surface area contributed by atoms with Gasteiger partial charge in [-0.3, -0.25) is 0 Å². The zero-order chi connectivity index (χ0) is 22.9. The van der Waals surface area contributed by atoms with Crippen molar-refractivity contribution >= 4 is 17.6 Å². The van der Waals surface area contributed by atoms with Crippen LogP contribution in [0.4, 0.5) is 0 Å². The zero-order valence-corrected chi connectivity index (χ0v) is 19.5. The second-order valence-electron chi connectivity index (χ2n) is 10.3. The average molecular weight is 425 g/mol. The number of aromatic carboxylic acids is 1. The van der Waals surface area contributed by atoms with Gasteiger partial charge in [0.1, 0.15) is 0 Å². The summed E-state index contributed by atoms with van der Waals surface area (Å²) in [5.74, 6) is -0.899. The number of fused-ring (bicyclic) bond motifs is 1.